The second-order valence-corrected chi connectivity index (χ2v) is 5.63. The van der Waals surface area contributed by atoms with Gasteiger partial charge >= 0.3 is 29.6 Å². The molecule has 9 heteroatoms. The molecule has 3 N–H and O–H groups in total. The summed E-state index contributed by atoms with van der Waals surface area (Å²) in [7, 11) is -4.40. The number of nitrogens with one attached hydrogen (secondary N) is 3. The van der Waals surface area contributed by atoms with E-state index in [2.05, 4.69) is 23.1 Å². The minimum absolute atomic E-state index is 0. The van der Waals surface area contributed by atoms with E-state index in [1.54, 1.807) is 0 Å². The van der Waals surface area contributed by atoms with E-state index in [0.717, 1.165) is 19.4 Å². The molecule has 0 saturated heterocycles. The molecule has 0 amide bonds. The zero-order valence-electron chi connectivity index (χ0n) is 11.5. The van der Waals surface area contributed by atoms with E-state index >= 15 is 0 Å². The first-order valence-corrected chi connectivity index (χ1v) is 7.61. The number of thiocarbonyl (C=S) groups is 1. The van der Waals surface area contributed by atoms with Gasteiger partial charge < -0.3 is 9.87 Å². The standard InChI is InChI=1S/C11H17N3O3S2.Na/c1-2-3-8-12-11(18)14-13-9-4-6-10(7-5-9)19(15,16)17;/h4-7,13H,2-3,8H2,1H3,(H2,12,14,18)(H,15,16,17);/q;+1/p-1. The first-order valence-electron chi connectivity index (χ1n) is 5.79. The van der Waals surface area contributed by atoms with Gasteiger partial charge in [0, 0.05) is 6.54 Å². The molecule has 0 aliphatic rings. The van der Waals surface area contributed by atoms with Crippen LogP contribution in [-0.2, 0) is 10.1 Å². The van der Waals surface area contributed by atoms with Gasteiger partial charge in [-0.2, -0.15) is 0 Å². The van der Waals surface area contributed by atoms with Crippen molar-refractivity contribution >= 4 is 33.1 Å². The quantitative estimate of drug-likeness (QED) is 0.187. The molecule has 1 aromatic rings. The van der Waals surface area contributed by atoms with Crippen molar-refractivity contribution in [3.63, 3.8) is 0 Å². The summed E-state index contributed by atoms with van der Waals surface area (Å²) in [6.07, 6.45) is 2.10. The molecule has 0 aromatic heterocycles. The van der Waals surface area contributed by atoms with Crippen LogP contribution in [0.25, 0.3) is 0 Å². The Kier molecular flexibility index (Phi) is 9.36. The molecule has 0 unspecified atom stereocenters. The van der Waals surface area contributed by atoms with Gasteiger partial charge in [0.1, 0.15) is 10.1 Å². The Hall–Kier alpha value is -0.380. The Balaban J connectivity index is 0.00000361. The van der Waals surface area contributed by atoms with Crippen LogP contribution in [0.15, 0.2) is 29.2 Å². The van der Waals surface area contributed by atoms with Crippen molar-refractivity contribution in [3.8, 4) is 0 Å². The minimum Gasteiger partial charge on any atom is -0.744 e. The van der Waals surface area contributed by atoms with E-state index < -0.39 is 10.1 Å². The van der Waals surface area contributed by atoms with Gasteiger partial charge in [-0.1, -0.05) is 13.3 Å². The average molecular weight is 325 g/mol. The maximum atomic E-state index is 10.7. The largest absolute Gasteiger partial charge is 1.00 e. The number of hydrogen-bond donors (Lipinski definition) is 3. The molecule has 6 nitrogen and oxygen atoms in total. The molecule has 0 fully saturated rings. The van der Waals surface area contributed by atoms with Crippen LogP contribution in [-0.4, -0.2) is 24.6 Å². The van der Waals surface area contributed by atoms with E-state index in [4.69, 9.17) is 12.2 Å². The second kappa shape index (κ2) is 9.54. The number of benzene rings is 1. The summed E-state index contributed by atoms with van der Waals surface area (Å²) in [5, 5.41) is 3.45. The van der Waals surface area contributed by atoms with Crippen LogP contribution < -0.4 is 45.7 Å². The first kappa shape index (κ1) is 19.6. The maximum absolute atomic E-state index is 10.7. The summed E-state index contributed by atoms with van der Waals surface area (Å²) >= 11 is 5.02. The molecule has 0 radical (unpaired) electrons. The van der Waals surface area contributed by atoms with Gasteiger partial charge in [0.2, 0.25) is 0 Å². The number of hydrazine groups is 1. The molecule has 0 saturated carbocycles. The molecule has 0 aliphatic carbocycles. The third-order valence-electron chi connectivity index (χ3n) is 2.28. The number of hydrogen-bond acceptors (Lipinski definition) is 5. The maximum Gasteiger partial charge on any atom is 1.00 e. The summed E-state index contributed by atoms with van der Waals surface area (Å²) < 4.78 is 32.2. The average Bonchev–Trinajstić information content (AvgIpc) is 2.36. The third kappa shape index (κ3) is 7.41. The summed E-state index contributed by atoms with van der Waals surface area (Å²) in [5.41, 5.74) is 6.16. The SMILES string of the molecule is CCCCNC(=S)NNc1ccc(S(=O)(=O)[O-])cc1.[Na+]. The molecular weight excluding hydrogens is 309 g/mol. The van der Waals surface area contributed by atoms with Crippen molar-refractivity contribution < 1.29 is 42.5 Å². The van der Waals surface area contributed by atoms with E-state index in [1.807, 2.05) is 0 Å². The Bertz CT molecular complexity index is 520. The van der Waals surface area contributed by atoms with Gasteiger partial charge in [0.05, 0.1) is 10.6 Å². The topological polar surface area (TPSA) is 93.3 Å². The Morgan fingerprint density at radius 3 is 2.40 bits per heavy atom. The summed E-state index contributed by atoms with van der Waals surface area (Å²) in [6.45, 7) is 2.87. The third-order valence-corrected chi connectivity index (χ3v) is 3.38. The van der Waals surface area contributed by atoms with Crippen LogP contribution in [0.1, 0.15) is 19.8 Å². The van der Waals surface area contributed by atoms with Crippen LogP contribution in [0.4, 0.5) is 5.69 Å². The molecule has 1 rings (SSSR count). The van der Waals surface area contributed by atoms with Crippen LogP contribution in [0.5, 0.6) is 0 Å². The summed E-state index contributed by atoms with van der Waals surface area (Å²) in [5.74, 6) is 0. The van der Waals surface area contributed by atoms with Crippen molar-refractivity contribution in [1.82, 2.24) is 10.7 Å². The van der Waals surface area contributed by atoms with Gasteiger partial charge in [0.15, 0.2) is 5.11 Å². The fourth-order valence-corrected chi connectivity index (χ4v) is 1.88. The number of rotatable bonds is 6. The van der Waals surface area contributed by atoms with Gasteiger partial charge in [-0.15, -0.1) is 0 Å². The molecule has 0 heterocycles. The predicted octanol–water partition coefficient (Wildman–Crippen LogP) is -1.81. The van der Waals surface area contributed by atoms with E-state index in [-0.39, 0.29) is 34.5 Å². The van der Waals surface area contributed by atoms with Gasteiger partial charge in [-0.3, -0.25) is 10.9 Å². The van der Waals surface area contributed by atoms with Crippen LogP contribution >= 0.6 is 12.2 Å². The normalized spacial score (nSPS) is 10.3. The predicted molar refractivity (Wildman–Crippen MR) is 76.7 cm³/mol. The monoisotopic (exact) mass is 325 g/mol. The molecule has 1 aromatic carbocycles. The van der Waals surface area contributed by atoms with Crippen molar-refractivity contribution in [2.45, 2.75) is 24.7 Å². The summed E-state index contributed by atoms with van der Waals surface area (Å²) in [4.78, 5) is -0.262. The number of unbranched alkanes of at least 4 members (excludes halogenated alkanes) is 1. The van der Waals surface area contributed by atoms with E-state index in [1.165, 1.54) is 24.3 Å². The molecule has 0 atom stereocenters. The van der Waals surface area contributed by atoms with Crippen LogP contribution in [0.3, 0.4) is 0 Å². The van der Waals surface area contributed by atoms with Crippen molar-refractivity contribution in [2.24, 2.45) is 0 Å². The van der Waals surface area contributed by atoms with Gasteiger partial charge in [-0.05, 0) is 42.9 Å². The van der Waals surface area contributed by atoms with Gasteiger partial charge in [-0.25, -0.2) is 8.42 Å². The Morgan fingerprint density at radius 2 is 1.90 bits per heavy atom. The molecular formula is C11H16N3NaO3S2. The first-order chi connectivity index (χ1) is 8.93. The number of anilines is 1. The molecule has 0 spiro atoms. The smallest absolute Gasteiger partial charge is 0.744 e. The van der Waals surface area contributed by atoms with Crippen molar-refractivity contribution in [1.29, 1.82) is 0 Å². The van der Waals surface area contributed by atoms with Crippen LogP contribution in [0.2, 0.25) is 0 Å². The Morgan fingerprint density at radius 1 is 1.30 bits per heavy atom. The zero-order chi connectivity index (χ0) is 14.3. The molecule has 20 heavy (non-hydrogen) atoms. The molecule has 0 aliphatic heterocycles. The van der Waals surface area contributed by atoms with E-state index in [0.29, 0.717) is 10.8 Å². The fraction of sp³-hybridized carbons (Fsp3) is 0.364. The second-order valence-electron chi connectivity index (χ2n) is 3.84. The Labute approximate surface area is 146 Å². The minimum atomic E-state index is -4.40. The van der Waals surface area contributed by atoms with E-state index in [9.17, 15) is 13.0 Å². The molecule has 106 valence electrons. The molecule has 0 bridgehead atoms. The summed E-state index contributed by atoms with van der Waals surface area (Å²) in [6, 6.07) is 5.43. The zero-order valence-corrected chi connectivity index (χ0v) is 15.1. The van der Waals surface area contributed by atoms with Crippen molar-refractivity contribution in [3.05, 3.63) is 24.3 Å². The van der Waals surface area contributed by atoms with Crippen LogP contribution in [0, 0.1) is 0 Å². The van der Waals surface area contributed by atoms with Gasteiger partial charge in [0.25, 0.3) is 0 Å². The fourth-order valence-electron chi connectivity index (χ4n) is 1.26. The van der Waals surface area contributed by atoms with Crippen molar-refractivity contribution in [2.75, 3.05) is 12.0 Å².